The lowest BCUT2D eigenvalue weighted by molar-refractivity contribution is 0.0570. The molecule has 3 heterocycles. The number of rotatable bonds is 5. The van der Waals surface area contributed by atoms with Crippen LogP contribution in [-0.4, -0.2) is 33.3 Å². The Kier molecular flexibility index (Phi) is 5.15. The lowest BCUT2D eigenvalue weighted by atomic mass is 9.90. The van der Waals surface area contributed by atoms with Gasteiger partial charge in [-0.3, -0.25) is 0 Å². The number of hydrogen-bond acceptors (Lipinski definition) is 7. The summed E-state index contributed by atoms with van der Waals surface area (Å²) < 4.78 is 11.2. The van der Waals surface area contributed by atoms with E-state index in [-0.39, 0.29) is 12.0 Å². The second-order valence-electron chi connectivity index (χ2n) is 7.57. The molecule has 2 aromatic heterocycles. The van der Waals surface area contributed by atoms with Crippen LogP contribution in [0.15, 0.2) is 10.9 Å². The molecule has 26 heavy (non-hydrogen) atoms. The zero-order valence-corrected chi connectivity index (χ0v) is 15.6. The Hall–Kier alpha value is -2.02. The Morgan fingerprint density at radius 1 is 1.12 bits per heavy atom. The van der Waals surface area contributed by atoms with Crippen molar-refractivity contribution >= 4 is 5.82 Å². The second kappa shape index (κ2) is 7.70. The first-order valence-electron chi connectivity index (χ1n) is 9.73. The van der Waals surface area contributed by atoms with Crippen LogP contribution in [0.2, 0.25) is 0 Å². The van der Waals surface area contributed by atoms with Crippen LogP contribution < -0.4 is 5.32 Å². The number of anilines is 1. The third-order valence-electron chi connectivity index (χ3n) is 5.39. The average molecular weight is 357 g/mol. The fourth-order valence-electron chi connectivity index (χ4n) is 3.83. The maximum absolute atomic E-state index is 5.65. The number of nitrogens with one attached hydrogen (secondary N) is 1. The zero-order chi connectivity index (χ0) is 17.9. The number of hydrogen-bond donors (Lipinski definition) is 1. The lowest BCUT2D eigenvalue weighted by Crippen LogP contribution is -2.28. The Bertz CT molecular complexity index is 739. The topological polar surface area (TPSA) is 86.0 Å². The first kappa shape index (κ1) is 17.4. The number of nitrogens with zero attached hydrogens (tertiary/aromatic N) is 4. The molecule has 0 saturated carbocycles. The van der Waals surface area contributed by atoms with E-state index in [9.17, 15) is 0 Å². The van der Waals surface area contributed by atoms with Crippen molar-refractivity contribution in [2.75, 3.05) is 18.5 Å². The number of ether oxygens (including phenoxy) is 1. The maximum atomic E-state index is 5.65. The minimum Gasteiger partial charge on any atom is -0.381 e. The summed E-state index contributed by atoms with van der Waals surface area (Å²) in [6.45, 7) is 5.70. The molecule has 0 radical (unpaired) electrons. The molecule has 1 saturated heterocycles. The first-order chi connectivity index (χ1) is 12.7. The predicted molar refractivity (Wildman–Crippen MR) is 97.0 cm³/mol. The summed E-state index contributed by atoms with van der Waals surface area (Å²) in [7, 11) is 0. The van der Waals surface area contributed by atoms with Gasteiger partial charge in [-0.05, 0) is 44.4 Å². The fourth-order valence-corrected chi connectivity index (χ4v) is 3.83. The highest BCUT2D eigenvalue weighted by molar-refractivity contribution is 5.48. The Morgan fingerprint density at radius 2 is 1.92 bits per heavy atom. The minimum absolute atomic E-state index is 0.0418. The summed E-state index contributed by atoms with van der Waals surface area (Å²) in [5.74, 6) is 2.97. The zero-order valence-electron chi connectivity index (χ0n) is 15.6. The van der Waals surface area contributed by atoms with Gasteiger partial charge in [0.2, 0.25) is 5.89 Å². The van der Waals surface area contributed by atoms with Gasteiger partial charge in [-0.1, -0.05) is 19.0 Å². The Labute approximate surface area is 154 Å². The molecule has 2 aliphatic rings. The first-order valence-corrected chi connectivity index (χ1v) is 9.73. The SMILES string of the molecule is CC(C)c1noc(C(Nc2ncnc3c2CCCC3)C2CCOCC2)n1. The summed E-state index contributed by atoms with van der Waals surface area (Å²) in [4.78, 5) is 13.7. The summed E-state index contributed by atoms with van der Waals surface area (Å²) in [5, 5.41) is 7.81. The van der Waals surface area contributed by atoms with Crippen LogP contribution in [0.1, 0.15) is 74.5 Å². The highest BCUT2D eigenvalue weighted by Gasteiger charge is 2.31. The normalized spacial score (nSPS) is 19.3. The van der Waals surface area contributed by atoms with Crippen molar-refractivity contribution in [3.8, 4) is 0 Å². The highest BCUT2D eigenvalue weighted by atomic mass is 16.5. The van der Waals surface area contributed by atoms with E-state index in [1.54, 1.807) is 6.33 Å². The molecule has 7 nitrogen and oxygen atoms in total. The third-order valence-corrected chi connectivity index (χ3v) is 5.39. The molecule has 1 aliphatic heterocycles. The molecule has 1 fully saturated rings. The Morgan fingerprint density at radius 3 is 2.69 bits per heavy atom. The smallest absolute Gasteiger partial charge is 0.249 e. The van der Waals surface area contributed by atoms with E-state index in [0.29, 0.717) is 11.8 Å². The maximum Gasteiger partial charge on any atom is 0.249 e. The van der Waals surface area contributed by atoms with Gasteiger partial charge in [0.15, 0.2) is 5.82 Å². The van der Waals surface area contributed by atoms with Crippen molar-refractivity contribution in [2.24, 2.45) is 5.92 Å². The van der Waals surface area contributed by atoms with Crippen molar-refractivity contribution < 1.29 is 9.26 Å². The van der Waals surface area contributed by atoms with E-state index in [2.05, 4.69) is 39.3 Å². The van der Waals surface area contributed by atoms with Gasteiger partial charge in [0.1, 0.15) is 18.2 Å². The monoisotopic (exact) mass is 357 g/mol. The van der Waals surface area contributed by atoms with Crippen molar-refractivity contribution in [2.45, 2.75) is 64.3 Å². The van der Waals surface area contributed by atoms with Crippen LogP contribution in [0.25, 0.3) is 0 Å². The van der Waals surface area contributed by atoms with Crippen LogP contribution in [0.5, 0.6) is 0 Å². The molecule has 0 aromatic carbocycles. The molecule has 2 aromatic rings. The van der Waals surface area contributed by atoms with Crippen LogP contribution in [0, 0.1) is 5.92 Å². The van der Waals surface area contributed by atoms with Gasteiger partial charge in [0, 0.05) is 30.4 Å². The van der Waals surface area contributed by atoms with E-state index in [4.69, 9.17) is 9.26 Å². The van der Waals surface area contributed by atoms with Gasteiger partial charge >= 0.3 is 0 Å². The molecule has 140 valence electrons. The van der Waals surface area contributed by atoms with Gasteiger partial charge in [-0.2, -0.15) is 4.98 Å². The molecule has 1 atom stereocenters. The second-order valence-corrected chi connectivity index (χ2v) is 7.57. The quantitative estimate of drug-likeness (QED) is 0.877. The van der Waals surface area contributed by atoms with E-state index >= 15 is 0 Å². The molecule has 1 unspecified atom stereocenters. The molecule has 4 rings (SSSR count). The predicted octanol–water partition coefficient (Wildman–Crippen LogP) is 3.44. The highest BCUT2D eigenvalue weighted by Crippen LogP contribution is 2.34. The van der Waals surface area contributed by atoms with Crippen molar-refractivity contribution in [3.05, 3.63) is 29.3 Å². The molecule has 0 bridgehead atoms. The summed E-state index contributed by atoms with van der Waals surface area (Å²) in [6, 6.07) is -0.0418. The van der Waals surface area contributed by atoms with Gasteiger partial charge < -0.3 is 14.6 Å². The molecular weight excluding hydrogens is 330 g/mol. The molecule has 0 amide bonds. The third kappa shape index (κ3) is 3.58. The molecule has 1 N–H and O–H groups in total. The van der Waals surface area contributed by atoms with Gasteiger partial charge in [-0.15, -0.1) is 0 Å². The van der Waals surface area contributed by atoms with E-state index in [0.717, 1.165) is 50.5 Å². The van der Waals surface area contributed by atoms with Crippen molar-refractivity contribution in [3.63, 3.8) is 0 Å². The number of aryl methyl sites for hydroxylation is 1. The average Bonchev–Trinajstić information content (AvgIpc) is 3.17. The molecular formula is C19H27N5O2. The van der Waals surface area contributed by atoms with Crippen LogP contribution in [0.4, 0.5) is 5.82 Å². The minimum atomic E-state index is -0.0418. The van der Waals surface area contributed by atoms with E-state index < -0.39 is 0 Å². The summed E-state index contributed by atoms with van der Waals surface area (Å²) in [5.41, 5.74) is 2.42. The molecule has 0 spiro atoms. The van der Waals surface area contributed by atoms with Gasteiger partial charge in [0.25, 0.3) is 0 Å². The van der Waals surface area contributed by atoms with Crippen LogP contribution in [0.3, 0.4) is 0 Å². The number of fused-ring (bicyclic) bond motifs is 1. The summed E-state index contributed by atoms with van der Waals surface area (Å²) >= 11 is 0. The largest absolute Gasteiger partial charge is 0.381 e. The number of aromatic nitrogens is 4. The molecule has 1 aliphatic carbocycles. The van der Waals surface area contributed by atoms with Crippen molar-refractivity contribution in [1.82, 2.24) is 20.1 Å². The van der Waals surface area contributed by atoms with E-state index in [1.165, 1.54) is 24.1 Å². The van der Waals surface area contributed by atoms with Crippen LogP contribution in [-0.2, 0) is 17.6 Å². The lowest BCUT2D eigenvalue weighted by Gasteiger charge is -2.30. The van der Waals surface area contributed by atoms with Crippen LogP contribution >= 0.6 is 0 Å². The van der Waals surface area contributed by atoms with E-state index in [1.807, 2.05) is 0 Å². The van der Waals surface area contributed by atoms with Gasteiger partial charge in [0.05, 0.1) is 0 Å². The Balaban J connectivity index is 1.64. The fraction of sp³-hybridized carbons (Fsp3) is 0.684. The standard InChI is InChI=1S/C19H27N5O2/c1-12(2)17-23-19(26-24-17)16(13-7-9-25-10-8-13)22-18-14-5-3-4-6-15(14)20-11-21-18/h11-13,16H,3-10H2,1-2H3,(H,20,21,22). The van der Waals surface area contributed by atoms with Crippen molar-refractivity contribution in [1.29, 1.82) is 0 Å². The molecule has 7 heteroatoms. The summed E-state index contributed by atoms with van der Waals surface area (Å²) in [6.07, 6.45) is 8.07. The van der Waals surface area contributed by atoms with Gasteiger partial charge in [-0.25, -0.2) is 9.97 Å².